The van der Waals surface area contributed by atoms with E-state index in [0.29, 0.717) is 0 Å². The minimum atomic E-state index is -1.75. The first-order valence-electron chi connectivity index (χ1n) is 2.19. The monoisotopic (exact) mass is 364 g/mol. The normalized spacial score (nSPS) is 5.33. The Morgan fingerprint density at radius 2 is 0.444 bits per heavy atom. The first-order valence-corrected chi connectivity index (χ1v) is 2.19. The fourth-order valence-electron chi connectivity index (χ4n) is 0. The Kier molecular flexibility index (Phi) is 59.0. The fraction of sp³-hybridized carbons (Fsp3) is 0. The minimum Gasteiger partial charge on any atom is -0.356 e. The van der Waals surface area contributed by atoms with Crippen molar-refractivity contribution in [3.63, 3.8) is 0 Å². The third kappa shape index (κ3) is 1090. The molecule has 0 rings (SSSR count). The molecule has 0 N–H and O–H groups in total. The minimum absolute atomic E-state index is 0. The van der Waals surface area contributed by atoms with Crippen molar-refractivity contribution >= 4 is 23.1 Å². The van der Waals surface area contributed by atoms with E-state index in [0.717, 1.165) is 0 Å². The summed E-state index contributed by atoms with van der Waals surface area (Å²) in [6.07, 6.45) is 0. The fourth-order valence-corrected chi connectivity index (χ4v) is 0. The Hall–Kier alpha value is -1.55. The summed E-state index contributed by atoms with van der Waals surface area (Å²) in [7, 11) is 0. The Morgan fingerprint density at radius 1 is 0.444 bits per heavy atom. The Balaban J connectivity index is -0.0000000257. The van der Waals surface area contributed by atoms with Gasteiger partial charge in [0.15, 0.2) is 0 Å². The first-order chi connectivity index (χ1) is 6.93. The van der Waals surface area contributed by atoms with Gasteiger partial charge in [0.05, 0.1) is 20.3 Å². The van der Waals surface area contributed by atoms with Gasteiger partial charge in [0.2, 0.25) is 0 Å². The van der Waals surface area contributed by atoms with Crippen molar-refractivity contribution in [1.29, 1.82) is 0 Å². The number of hydrogen-bond acceptors (Lipinski definition) is 12. The van der Waals surface area contributed by atoms with Gasteiger partial charge < -0.3 is 61.3 Å². The van der Waals surface area contributed by atoms with Crippen molar-refractivity contribution in [2.45, 2.75) is 0 Å². The van der Waals surface area contributed by atoms with Crippen molar-refractivity contribution < 1.29 is 46.5 Å². The maximum absolute atomic E-state index is 8.25. The molecule has 0 aliphatic carbocycles. The third-order valence-electron chi connectivity index (χ3n) is 0. The van der Waals surface area contributed by atoms with E-state index >= 15 is 0 Å². The molecule has 18 heavy (non-hydrogen) atoms. The molecule has 0 saturated carbocycles. The molecule has 0 aliphatic heterocycles. The summed E-state index contributed by atoms with van der Waals surface area (Å²) in [5.74, 6) is 0. The Morgan fingerprint density at radius 3 is 0.444 bits per heavy atom. The van der Waals surface area contributed by atoms with Gasteiger partial charge in [-0.3, -0.25) is 0 Å². The smallest absolute Gasteiger partial charge is 0.356 e. The number of nitrogens with zero attached hydrogens (tertiary/aromatic N) is 4. The van der Waals surface area contributed by atoms with Crippen molar-refractivity contribution in [3.05, 3.63) is 61.3 Å². The number of hydrogen-bond donors (Lipinski definition) is 0. The maximum atomic E-state index is 8.25. The summed E-state index contributed by atoms with van der Waals surface area (Å²) in [6, 6.07) is 0. The van der Waals surface area contributed by atoms with E-state index < -0.39 is 20.3 Å². The topological polar surface area (TPSA) is 265 Å². The van der Waals surface area contributed by atoms with Gasteiger partial charge in [0.1, 0.15) is 0 Å². The molecule has 18 heteroatoms. The standard InChI is InChI=1S/Mg.4NO3.Zr.2H/c;4*2-1(3)4;;;/q;4*-1;+4;;. The molecule has 0 heterocycles. The van der Waals surface area contributed by atoms with Crippen LogP contribution in [0.15, 0.2) is 0 Å². The van der Waals surface area contributed by atoms with Crippen LogP contribution in [0.1, 0.15) is 0 Å². The van der Waals surface area contributed by atoms with Gasteiger partial charge >= 0.3 is 49.3 Å². The van der Waals surface area contributed by atoms with Crippen LogP contribution in [-0.4, -0.2) is 43.4 Å². The van der Waals surface area contributed by atoms with Crippen LogP contribution in [0.2, 0.25) is 0 Å². The van der Waals surface area contributed by atoms with Gasteiger partial charge in [-0.2, -0.15) is 0 Å². The molecule has 0 aromatic heterocycles. The van der Waals surface area contributed by atoms with Gasteiger partial charge in [-0.05, 0) is 0 Å². The zero-order valence-corrected chi connectivity index (χ0v) is 9.65. The second kappa shape index (κ2) is 29.5. The zero-order chi connectivity index (χ0) is 14.3. The molecular weight excluding hydrogens is 364 g/mol. The van der Waals surface area contributed by atoms with Crippen LogP contribution in [0.3, 0.4) is 0 Å². The van der Waals surface area contributed by atoms with E-state index in [1.807, 2.05) is 0 Å². The van der Waals surface area contributed by atoms with Gasteiger partial charge in [-0.1, -0.05) is 0 Å². The van der Waals surface area contributed by atoms with Crippen LogP contribution in [-0.2, 0) is 26.2 Å². The van der Waals surface area contributed by atoms with E-state index in [4.69, 9.17) is 61.3 Å². The summed E-state index contributed by atoms with van der Waals surface area (Å²) in [4.78, 5) is 33.0. The summed E-state index contributed by atoms with van der Waals surface area (Å²) < 4.78 is 0. The molecule has 0 aliphatic rings. The van der Waals surface area contributed by atoms with Crippen LogP contribution >= 0.6 is 0 Å². The molecule has 0 aromatic carbocycles. The van der Waals surface area contributed by atoms with Crippen molar-refractivity contribution in [2.75, 3.05) is 0 Å². The first kappa shape index (κ1) is 36.0. The molecule has 0 spiro atoms. The molecule has 0 amide bonds. The van der Waals surface area contributed by atoms with E-state index in [1.165, 1.54) is 0 Å². The van der Waals surface area contributed by atoms with Crippen LogP contribution in [0.4, 0.5) is 0 Å². The summed E-state index contributed by atoms with van der Waals surface area (Å²) in [6.45, 7) is 0. The molecule has 0 bridgehead atoms. The SMILES string of the molecule is O=[N+]([O-])[O-].O=[N+]([O-])[O-].O=[N+]([O-])[O-].O=[N+]([O-])[O-].[MgH2].[Zr+4]. The average molecular weight is 366 g/mol. The van der Waals surface area contributed by atoms with Crippen molar-refractivity contribution in [1.82, 2.24) is 0 Å². The Labute approximate surface area is 131 Å². The second-order valence-corrected chi connectivity index (χ2v) is 0.894. The van der Waals surface area contributed by atoms with Gasteiger partial charge in [-0.15, -0.1) is 0 Å². The quantitative estimate of drug-likeness (QED) is 0.259. The molecule has 0 atom stereocenters. The zero-order valence-electron chi connectivity index (χ0n) is 7.19. The molecule has 0 unspecified atom stereocenters. The Bertz CT molecular complexity index is 164. The molecule has 16 nitrogen and oxygen atoms in total. The van der Waals surface area contributed by atoms with Crippen molar-refractivity contribution in [3.8, 4) is 0 Å². The van der Waals surface area contributed by atoms with Crippen molar-refractivity contribution in [2.24, 2.45) is 0 Å². The summed E-state index contributed by atoms with van der Waals surface area (Å²) >= 11 is 0. The van der Waals surface area contributed by atoms with E-state index in [-0.39, 0.29) is 49.3 Å². The largest absolute Gasteiger partial charge is 4.00 e. The van der Waals surface area contributed by atoms with Gasteiger partial charge in [0, 0.05) is 0 Å². The number of rotatable bonds is 0. The second-order valence-electron chi connectivity index (χ2n) is 0.894. The van der Waals surface area contributed by atoms with Crippen LogP contribution in [0.25, 0.3) is 0 Å². The van der Waals surface area contributed by atoms with Gasteiger partial charge in [0.25, 0.3) is 0 Å². The molecule has 100 valence electrons. The van der Waals surface area contributed by atoms with Crippen LogP contribution in [0.5, 0.6) is 0 Å². The maximum Gasteiger partial charge on any atom is 4.00 e. The molecule has 0 aromatic rings. The molecular formula is H2MgN4O12Zr. The van der Waals surface area contributed by atoms with E-state index in [2.05, 4.69) is 0 Å². The van der Waals surface area contributed by atoms with Gasteiger partial charge in [-0.25, -0.2) is 0 Å². The van der Waals surface area contributed by atoms with E-state index in [1.54, 1.807) is 0 Å². The summed E-state index contributed by atoms with van der Waals surface area (Å²) in [5, 5.41) is 59.0. The van der Waals surface area contributed by atoms with E-state index in [9.17, 15) is 0 Å². The summed E-state index contributed by atoms with van der Waals surface area (Å²) in [5.41, 5.74) is 0. The molecule has 0 radical (unpaired) electrons. The van der Waals surface area contributed by atoms with Crippen LogP contribution in [0, 0.1) is 61.3 Å². The third-order valence-corrected chi connectivity index (χ3v) is 0. The van der Waals surface area contributed by atoms with Crippen LogP contribution < -0.4 is 0 Å². The average Bonchev–Trinajstić information content (AvgIpc) is 1.76. The molecule has 0 saturated heterocycles. The predicted octanol–water partition coefficient (Wildman–Crippen LogP) is -1.88. The molecule has 0 fully saturated rings. The predicted molar refractivity (Wildman–Crippen MR) is 50.0 cm³/mol.